The molecule has 1 aliphatic heterocycles. The van der Waals surface area contributed by atoms with Gasteiger partial charge in [0, 0.05) is 18.8 Å². The monoisotopic (exact) mass is 276 g/mol. The number of carbonyl (C=O) groups is 1. The predicted molar refractivity (Wildman–Crippen MR) is 80.9 cm³/mol. The highest BCUT2D eigenvalue weighted by molar-refractivity contribution is 5.99. The van der Waals surface area contributed by atoms with Crippen molar-refractivity contribution in [2.24, 2.45) is 11.1 Å². The van der Waals surface area contributed by atoms with Crippen LogP contribution < -0.4 is 16.4 Å². The number of primary amides is 1. The zero-order valence-corrected chi connectivity index (χ0v) is 12.5. The maximum atomic E-state index is 11.6. The van der Waals surface area contributed by atoms with E-state index in [1.165, 1.54) is 12.8 Å². The molecule has 1 aromatic heterocycles. The van der Waals surface area contributed by atoms with Gasteiger partial charge in [0.05, 0.1) is 16.9 Å². The highest BCUT2D eigenvalue weighted by atomic mass is 16.1. The van der Waals surface area contributed by atoms with Crippen LogP contribution in [0.5, 0.6) is 0 Å². The van der Waals surface area contributed by atoms with Crippen LogP contribution in [-0.2, 0) is 0 Å². The molecule has 0 spiro atoms. The van der Waals surface area contributed by atoms with Gasteiger partial charge in [0.1, 0.15) is 0 Å². The largest absolute Gasteiger partial charge is 0.384 e. The van der Waals surface area contributed by atoms with Crippen molar-refractivity contribution in [3.63, 3.8) is 0 Å². The van der Waals surface area contributed by atoms with Crippen molar-refractivity contribution in [1.29, 1.82) is 0 Å². The summed E-state index contributed by atoms with van der Waals surface area (Å²) in [6, 6.07) is 1.90. The second kappa shape index (κ2) is 5.79. The lowest BCUT2D eigenvalue weighted by atomic mass is 9.82. The number of nitrogens with two attached hydrogens (primary N) is 1. The van der Waals surface area contributed by atoms with E-state index in [9.17, 15) is 4.79 Å². The Balaban J connectivity index is 2.18. The van der Waals surface area contributed by atoms with Gasteiger partial charge < -0.3 is 16.4 Å². The maximum Gasteiger partial charge on any atom is 0.252 e. The Bertz CT molecular complexity index is 507. The summed E-state index contributed by atoms with van der Waals surface area (Å²) in [5.74, 6) is -0.426. The molecule has 1 atom stereocenters. The van der Waals surface area contributed by atoms with E-state index in [0.29, 0.717) is 11.3 Å². The Morgan fingerprint density at radius 1 is 1.55 bits per heavy atom. The van der Waals surface area contributed by atoms with Gasteiger partial charge in [0.2, 0.25) is 0 Å². The van der Waals surface area contributed by atoms with E-state index >= 15 is 0 Å². The first-order valence-electron chi connectivity index (χ1n) is 7.14. The molecule has 4 N–H and O–H groups in total. The summed E-state index contributed by atoms with van der Waals surface area (Å²) < 4.78 is 0. The van der Waals surface area contributed by atoms with Crippen molar-refractivity contribution < 1.29 is 4.79 Å². The third kappa shape index (κ3) is 3.28. The SMILES string of the molecule is Cc1cc(NCC2(C)CCCNC2)c(C(N)=O)c(C)n1. The van der Waals surface area contributed by atoms with Crippen molar-refractivity contribution >= 4 is 11.6 Å². The second-order valence-corrected chi connectivity index (χ2v) is 6.08. The van der Waals surface area contributed by atoms with Gasteiger partial charge >= 0.3 is 0 Å². The molecule has 5 heteroatoms. The number of piperidine rings is 1. The first-order valence-corrected chi connectivity index (χ1v) is 7.14. The molecule has 1 aliphatic rings. The fraction of sp³-hybridized carbons (Fsp3) is 0.600. The highest BCUT2D eigenvalue weighted by Gasteiger charge is 2.27. The lowest BCUT2D eigenvalue weighted by molar-refractivity contribution is 0.1000. The smallest absolute Gasteiger partial charge is 0.252 e. The van der Waals surface area contributed by atoms with Crippen molar-refractivity contribution in [2.75, 3.05) is 25.0 Å². The minimum absolute atomic E-state index is 0.207. The van der Waals surface area contributed by atoms with Crippen molar-refractivity contribution in [2.45, 2.75) is 33.6 Å². The normalized spacial score (nSPS) is 22.6. The zero-order valence-electron chi connectivity index (χ0n) is 12.5. The van der Waals surface area contributed by atoms with Gasteiger partial charge in [-0.3, -0.25) is 9.78 Å². The number of rotatable bonds is 4. The molecule has 0 radical (unpaired) electrons. The van der Waals surface area contributed by atoms with E-state index in [2.05, 4.69) is 22.5 Å². The van der Waals surface area contributed by atoms with Gasteiger partial charge in [-0.1, -0.05) is 6.92 Å². The summed E-state index contributed by atoms with van der Waals surface area (Å²) >= 11 is 0. The van der Waals surface area contributed by atoms with Crippen LogP contribution in [0.4, 0.5) is 5.69 Å². The Morgan fingerprint density at radius 2 is 2.30 bits per heavy atom. The van der Waals surface area contributed by atoms with Crippen molar-refractivity contribution in [3.05, 3.63) is 23.0 Å². The van der Waals surface area contributed by atoms with Crippen LogP contribution in [0.1, 0.15) is 41.5 Å². The minimum atomic E-state index is -0.426. The van der Waals surface area contributed by atoms with E-state index in [4.69, 9.17) is 5.73 Å². The predicted octanol–water partition coefficient (Wildman–Crippen LogP) is 1.60. The molecule has 0 aromatic carbocycles. The molecule has 0 aliphatic carbocycles. The van der Waals surface area contributed by atoms with Gasteiger partial charge in [0.25, 0.3) is 5.91 Å². The van der Waals surface area contributed by atoms with Gasteiger partial charge in [-0.2, -0.15) is 0 Å². The maximum absolute atomic E-state index is 11.6. The Labute approximate surface area is 120 Å². The average molecular weight is 276 g/mol. The quantitative estimate of drug-likeness (QED) is 0.780. The van der Waals surface area contributed by atoms with Crippen molar-refractivity contribution in [1.82, 2.24) is 10.3 Å². The molecule has 1 fully saturated rings. The van der Waals surface area contributed by atoms with E-state index < -0.39 is 5.91 Å². The lowest BCUT2D eigenvalue weighted by Gasteiger charge is -2.34. The second-order valence-electron chi connectivity index (χ2n) is 6.08. The number of carbonyl (C=O) groups excluding carboxylic acids is 1. The molecule has 1 unspecified atom stereocenters. The summed E-state index contributed by atoms with van der Waals surface area (Å²) in [7, 11) is 0. The summed E-state index contributed by atoms with van der Waals surface area (Å²) in [6.45, 7) is 8.92. The van der Waals surface area contributed by atoms with Crippen LogP contribution in [0, 0.1) is 19.3 Å². The van der Waals surface area contributed by atoms with Gasteiger partial charge in [-0.05, 0) is 44.7 Å². The topological polar surface area (TPSA) is 80.0 Å². The standard InChI is InChI=1S/C15H24N4O/c1-10-7-12(13(14(16)20)11(2)19-10)18-9-15(3)5-4-6-17-8-15/h7,17H,4-6,8-9H2,1-3H3,(H2,16,20)(H,18,19). The van der Waals surface area contributed by atoms with Crippen LogP contribution >= 0.6 is 0 Å². The number of anilines is 1. The zero-order chi connectivity index (χ0) is 14.8. The molecule has 20 heavy (non-hydrogen) atoms. The molecule has 5 nitrogen and oxygen atoms in total. The number of hydrogen-bond donors (Lipinski definition) is 3. The number of hydrogen-bond acceptors (Lipinski definition) is 4. The van der Waals surface area contributed by atoms with E-state index in [-0.39, 0.29) is 5.41 Å². The summed E-state index contributed by atoms with van der Waals surface area (Å²) in [5.41, 5.74) is 8.56. The molecule has 110 valence electrons. The van der Waals surface area contributed by atoms with Gasteiger partial charge in [0.15, 0.2) is 0 Å². The average Bonchev–Trinajstić information content (AvgIpc) is 2.36. The third-order valence-corrected chi connectivity index (χ3v) is 3.97. The van der Waals surface area contributed by atoms with E-state index in [1.54, 1.807) is 0 Å². The van der Waals surface area contributed by atoms with Crippen molar-refractivity contribution in [3.8, 4) is 0 Å². The van der Waals surface area contributed by atoms with Crippen LogP contribution in [0.2, 0.25) is 0 Å². The number of aromatic nitrogens is 1. The molecule has 0 bridgehead atoms. The highest BCUT2D eigenvalue weighted by Crippen LogP contribution is 2.27. The van der Waals surface area contributed by atoms with Crippen LogP contribution in [0.25, 0.3) is 0 Å². The Kier molecular flexibility index (Phi) is 4.28. The first-order chi connectivity index (χ1) is 9.41. The molecular formula is C15H24N4O. The molecule has 1 saturated heterocycles. The molecule has 1 aromatic rings. The molecule has 1 amide bonds. The van der Waals surface area contributed by atoms with Gasteiger partial charge in [-0.15, -0.1) is 0 Å². The number of aryl methyl sites for hydroxylation is 2. The lowest BCUT2D eigenvalue weighted by Crippen LogP contribution is -2.42. The number of nitrogens with one attached hydrogen (secondary N) is 2. The Hall–Kier alpha value is -1.62. The summed E-state index contributed by atoms with van der Waals surface area (Å²) in [6.07, 6.45) is 2.37. The van der Waals surface area contributed by atoms with Crippen LogP contribution in [0.15, 0.2) is 6.07 Å². The van der Waals surface area contributed by atoms with Crippen LogP contribution in [0.3, 0.4) is 0 Å². The molecule has 2 rings (SSSR count). The third-order valence-electron chi connectivity index (χ3n) is 3.97. The summed E-state index contributed by atoms with van der Waals surface area (Å²) in [4.78, 5) is 15.9. The molecule has 0 saturated carbocycles. The molecule has 2 heterocycles. The summed E-state index contributed by atoms with van der Waals surface area (Å²) in [5, 5.41) is 6.83. The first kappa shape index (κ1) is 14.8. The number of amides is 1. The number of pyridine rings is 1. The van der Waals surface area contributed by atoms with E-state index in [0.717, 1.165) is 31.0 Å². The number of nitrogens with zero attached hydrogens (tertiary/aromatic N) is 1. The minimum Gasteiger partial charge on any atom is -0.384 e. The van der Waals surface area contributed by atoms with Crippen LogP contribution in [-0.4, -0.2) is 30.5 Å². The Morgan fingerprint density at radius 3 is 2.90 bits per heavy atom. The van der Waals surface area contributed by atoms with E-state index in [1.807, 2.05) is 19.9 Å². The molecular weight excluding hydrogens is 252 g/mol. The fourth-order valence-corrected chi connectivity index (χ4v) is 2.86. The fourth-order valence-electron chi connectivity index (χ4n) is 2.86. The van der Waals surface area contributed by atoms with Gasteiger partial charge in [-0.25, -0.2) is 0 Å².